The van der Waals surface area contributed by atoms with Crippen molar-refractivity contribution in [1.82, 2.24) is 0 Å². The summed E-state index contributed by atoms with van der Waals surface area (Å²) in [4.78, 5) is 11.1. The highest BCUT2D eigenvalue weighted by atomic mass is 19.1. The maximum Gasteiger partial charge on any atom is 0.340 e. The molecule has 0 bridgehead atoms. The molecule has 0 aliphatic rings. The van der Waals surface area contributed by atoms with E-state index in [1.165, 1.54) is 20.3 Å². The summed E-state index contributed by atoms with van der Waals surface area (Å²) in [7, 11) is 2.52. The molecule has 0 fully saturated rings. The molecule has 14 heavy (non-hydrogen) atoms. The van der Waals surface area contributed by atoms with Crippen LogP contribution in [0.3, 0.4) is 0 Å². The highest BCUT2D eigenvalue weighted by Gasteiger charge is 2.14. The number of anilines is 1. The third kappa shape index (κ3) is 1.76. The average molecular weight is 199 g/mol. The summed E-state index contributed by atoms with van der Waals surface area (Å²) in [5.74, 6) is -1.28. The van der Waals surface area contributed by atoms with Crippen LogP contribution in [0.4, 0.5) is 10.1 Å². The molecule has 0 radical (unpaired) electrons. The Bertz CT molecular complexity index is 365. The Balaban J connectivity index is 3.24. The molecule has 0 amide bonds. The molecule has 0 atom stereocenters. The van der Waals surface area contributed by atoms with Crippen molar-refractivity contribution < 1.29 is 18.7 Å². The van der Waals surface area contributed by atoms with Crippen molar-refractivity contribution in [1.29, 1.82) is 0 Å². The van der Waals surface area contributed by atoms with Gasteiger partial charge in [0, 0.05) is 11.8 Å². The molecule has 0 saturated heterocycles. The second-order valence-corrected chi connectivity index (χ2v) is 2.57. The van der Waals surface area contributed by atoms with Crippen molar-refractivity contribution in [3.05, 3.63) is 23.5 Å². The van der Waals surface area contributed by atoms with Crippen molar-refractivity contribution in [2.24, 2.45) is 0 Å². The lowest BCUT2D eigenvalue weighted by molar-refractivity contribution is 0.0601. The molecule has 1 aromatic rings. The van der Waals surface area contributed by atoms with Gasteiger partial charge in [0.1, 0.15) is 0 Å². The smallest absolute Gasteiger partial charge is 0.340 e. The summed E-state index contributed by atoms with van der Waals surface area (Å²) in [6.45, 7) is 0. The number of benzene rings is 1. The number of carbonyl (C=O) groups excluding carboxylic acids is 1. The van der Waals surface area contributed by atoms with E-state index >= 15 is 0 Å². The molecule has 0 saturated carbocycles. The fraction of sp³-hybridized carbons (Fsp3) is 0.222. The largest absolute Gasteiger partial charge is 0.494 e. The van der Waals surface area contributed by atoms with Crippen LogP contribution < -0.4 is 10.5 Å². The number of hydrogen-bond donors (Lipinski definition) is 1. The zero-order valence-electron chi connectivity index (χ0n) is 7.83. The Hall–Kier alpha value is -1.78. The van der Waals surface area contributed by atoms with Gasteiger partial charge in [-0.15, -0.1) is 0 Å². The Kier molecular flexibility index (Phi) is 2.91. The fourth-order valence-electron chi connectivity index (χ4n) is 1.01. The molecule has 0 aromatic heterocycles. The summed E-state index contributed by atoms with van der Waals surface area (Å²) in [6, 6.07) is 2.22. The van der Waals surface area contributed by atoms with E-state index in [1.807, 2.05) is 0 Å². The molecule has 5 heteroatoms. The predicted octanol–water partition coefficient (Wildman–Crippen LogP) is 1.20. The van der Waals surface area contributed by atoms with Crippen LogP contribution >= 0.6 is 0 Å². The monoisotopic (exact) mass is 199 g/mol. The van der Waals surface area contributed by atoms with Gasteiger partial charge in [-0.25, -0.2) is 9.18 Å². The minimum atomic E-state index is -0.624. The van der Waals surface area contributed by atoms with E-state index < -0.39 is 11.8 Å². The number of nitrogen functional groups attached to an aromatic ring is 1. The molecule has 0 heterocycles. The summed E-state index contributed by atoms with van der Waals surface area (Å²) in [5, 5.41) is 0. The van der Waals surface area contributed by atoms with E-state index in [1.54, 1.807) is 0 Å². The molecule has 1 rings (SSSR count). The van der Waals surface area contributed by atoms with Gasteiger partial charge in [0.2, 0.25) is 0 Å². The summed E-state index contributed by atoms with van der Waals surface area (Å²) >= 11 is 0. The van der Waals surface area contributed by atoms with Gasteiger partial charge >= 0.3 is 5.97 Å². The third-order valence-electron chi connectivity index (χ3n) is 1.73. The summed E-state index contributed by atoms with van der Waals surface area (Å²) in [5.41, 5.74) is 5.54. The van der Waals surface area contributed by atoms with Crippen LogP contribution in [0.25, 0.3) is 0 Å². The first-order valence-electron chi connectivity index (χ1n) is 3.81. The zero-order chi connectivity index (χ0) is 10.7. The van der Waals surface area contributed by atoms with Gasteiger partial charge in [-0.3, -0.25) is 0 Å². The molecule has 1 aromatic carbocycles. The second kappa shape index (κ2) is 3.95. The van der Waals surface area contributed by atoms with Gasteiger partial charge in [-0.2, -0.15) is 0 Å². The van der Waals surface area contributed by atoms with E-state index in [0.29, 0.717) is 0 Å². The van der Waals surface area contributed by atoms with Gasteiger partial charge < -0.3 is 15.2 Å². The summed E-state index contributed by atoms with van der Waals surface area (Å²) < 4.78 is 22.2. The normalized spacial score (nSPS) is 9.64. The van der Waals surface area contributed by atoms with Crippen molar-refractivity contribution in [3.8, 4) is 5.75 Å². The molecule has 0 unspecified atom stereocenters. The van der Waals surface area contributed by atoms with E-state index in [-0.39, 0.29) is 17.0 Å². The fourth-order valence-corrected chi connectivity index (χ4v) is 1.01. The van der Waals surface area contributed by atoms with Crippen LogP contribution in [0, 0.1) is 5.82 Å². The number of esters is 1. The standard InChI is InChI=1S/C9H10FNO3/c1-13-8-3-5(9(12)14-2)7(11)4-6(8)10/h3-4H,11H2,1-2H3. The van der Waals surface area contributed by atoms with Crippen LogP contribution in [0.2, 0.25) is 0 Å². The number of halogens is 1. The number of methoxy groups -OCH3 is 2. The van der Waals surface area contributed by atoms with Gasteiger partial charge in [0.25, 0.3) is 0 Å². The van der Waals surface area contributed by atoms with Crippen molar-refractivity contribution in [2.75, 3.05) is 20.0 Å². The van der Waals surface area contributed by atoms with Crippen LogP contribution in [0.1, 0.15) is 10.4 Å². The maximum absolute atomic E-state index is 13.0. The number of ether oxygens (including phenoxy) is 2. The molecule has 0 aliphatic carbocycles. The molecule has 4 nitrogen and oxygen atoms in total. The third-order valence-corrected chi connectivity index (χ3v) is 1.73. The topological polar surface area (TPSA) is 61.5 Å². The quantitative estimate of drug-likeness (QED) is 0.574. The highest BCUT2D eigenvalue weighted by molar-refractivity contribution is 5.95. The Morgan fingerprint density at radius 3 is 2.57 bits per heavy atom. The van der Waals surface area contributed by atoms with E-state index in [4.69, 9.17) is 10.5 Å². The molecular formula is C9H10FNO3. The minimum absolute atomic E-state index is 0.0233. The van der Waals surface area contributed by atoms with Crippen LogP contribution in [-0.2, 0) is 4.74 Å². The summed E-state index contributed by atoms with van der Waals surface area (Å²) in [6.07, 6.45) is 0. The first-order valence-corrected chi connectivity index (χ1v) is 3.81. The number of nitrogens with two attached hydrogens (primary N) is 1. The van der Waals surface area contributed by atoms with Crippen molar-refractivity contribution >= 4 is 11.7 Å². The maximum atomic E-state index is 13.0. The predicted molar refractivity (Wildman–Crippen MR) is 48.7 cm³/mol. The van der Waals surface area contributed by atoms with Crippen LogP contribution in [0.5, 0.6) is 5.75 Å². The number of hydrogen-bond acceptors (Lipinski definition) is 4. The minimum Gasteiger partial charge on any atom is -0.494 e. The Labute approximate surface area is 80.4 Å². The lowest BCUT2D eigenvalue weighted by Gasteiger charge is -2.07. The molecular weight excluding hydrogens is 189 g/mol. The Morgan fingerprint density at radius 1 is 1.43 bits per heavy atom. The first-order chi connectivity index (χ1) is 6.60. The molecule has 0 spiro atoms. The SMILES string of the molecule is COC(=O)c1cc(OC)c(F)cc1N. The average Bonchev–Trinajstić information content (AvgIpc) is 2.17. The molecule has 2 N–H and O–H groups in total. The van der Waals surface area contributed by atoms with E-state index in [2.05, 4.69) is 4.74 Å². The van der Waals surface area contributed by atoms with Crippen molar-refractivity contribution in [2.45, 2.75) is 0 Å². The van der Waals surface area contributed by atoms with Gasteiger partial charge in [-0.05, 0) is 6.07 Å². The van der Waals surface area contributed by atoms with Crippen LogP contribution in [-0.4, -0.2) is 20.2 Å². The highest BCUT2D eigenvalue weighted by Crippen LogP contribution is 2.24. The van der Waals surface area contributed by atoms with E-state index in [0.717, 1.165) is 6.07 Å². The lowest BCUT2D eigenvalue weighted by atomic mass is 10.1. The lowest BCUT2D eigenvalue weighted by Crippen LogP contribution is -2.06. The zero-order valence-corrected chi connectivity index (χ0v) is 7.83. The molecule has 76 valence electrons. The van der Waals surface area contributed by atoms with Gasteiger partial charge in [-0.1, -0.05) is 0 Å². The second-order valence-electron chi connectivity index (χ2n) is 2.57. The van der Waals surface area contributed by atoms with Gasteiger partial charge in [0.15, 0.2) is 11.6 Å². The van der Waals surface area contributed by atoms with Gasteiger partial charge in [0.05, 0.1) is 19.8 Å². The number of rotatable bonds is 2. The van der Waals surface area contributed by atoms with Crippen molar-refractivity contribution in [3.63, 3.8) is 0 Å². The van der Waals surface area contributed by atoms with Crippen LogP contribution in [0.15, 0.2) is 12.1 Å². The molecule has 0 aliphatic heterocycles. The Morgan fingerprint density at radius 2 is 2.07 bits per heavy atom. The van der Waals surface area contributed by atoms with E-state index in [9.17, 15) is 9.18 Å². The number of carbonyl (C=O) groups is 1. The first kappa shape index (κ1) is 10.3.